The molecule has 4 aromatic rings. The second-order valence-electron chi connectivity index (χ2n) is 12.3. The van der Waals surface area contributed by atoms with E-state index in [-0.39, 0.29) is 11.9 Å². The van der Waals surface area contributed by atoms with E-state index in [0.29, 0.717) is 24.1 Å². The van der Waals surface area contributed by atoms with E-state index in [0.717, 1.165) is 21.8 Å². The normalized spacial score (nSPS) is 18.3. The molecule has 0 saturated carbocycles. The van der Waals surface area contributed by atoms with Crippen molar-refractivity contribution in [3.63, 3.8) is 0 Å². The standard InChI is InChI=1S/C37H36N2O5S/c1-36(2,3)44-35(42)38-24-30(23-29(38)25-43-39-33(40)31-21-13-14-22-32(31)34(39)41)45-37(26-15-7-4-8-16-26,27-17-9-5-10-18-27)28-19-11-6-12-20-28/h4-22,29-30H,23-25H2,1-3H3. The molecule has 1 saturated heterocycles. The molecule has 1 fully saturated rings. The molecule has 7 nitrogen and oxygen atoms in total. The van der Waals surface area contributed by atoms with Crippen molar-refractivity contribution in [1.29, 1.82) is 0 Å². The zero-order valence-corrected chi connectivity index (χ0v) is 26.4. The fourth-order valence-corrected chi connectivity index (χ4v) is 7.95. The number of hydrogen-bond donors (Lipinski definition) is 0. The van der Waals surface area contributed by atoms with E-state index in [1.54, 1.807) is 40.9 Å². The zero-order chi connectivity index (χ0) is 31.6. The maximum atomic E-state index is 13.6. The number of benzene rings is 4. The first-order valence-corrected chi connectivity index (χ1v) is 16.0. The number of fused-ring (bicyclic) bond motifs is 1. The lowest BCUT2D eigenvalue weighted by Crippen LogP contribution is -2.43. The molecule has 0 N–H and O–H groups in total. The quantitative estimate of drug-likeness (QED) is 0.152. The molecule has 230 valence electrons. The molecule has 0 spiro atoms. The van der Waals surface area contributed by atoms with Crippen LogP contribution in [0.25, 0.3) is 0 Å². The summed E-state index contributed by atoms with van der Waals surface area (Å²) in [5.41, 5.74) is 3.30. The van der Waals surface area contributed by atoms with Crippen molar-refractivity contribution in [1.82, 2.24) is 9.96 Å². The molecule has 2 unspecified atom stereocenters. The number of likely N-dealkylation sites (tertiary alicyclic amines) is 1. The molecule has 0 bridgehead atoms. The van der Waals surface area contributed by atoms with Gasteiger partial charge < -0.3 is 9.64 Å². The van der Waals surface area contributed by atoms with Crippen LogP contribution in [0.5, 0.6) is 0 Å². The fourth-order valence-electron chi connectivity index (χ4n) is 6.08. The number of amides is 3. The third kappa shape index (κ3) is 6.13. The van der Waals surface area contributed by atoms with Crippen LogP contribution in [0.3, 0.4) is 0 Å². The number of hydroxylamine groups is 2. The first-order valence-electron chi connectivity index (χ1n) is 15.1. The van der Waals surface area contributed by atoms with Crippen molar-refractivity contribution >= 4 is 29.7 Å². The predicted octanol–water partition coefficient (Wildman–Crippen LogP) is 7.32. The Morgan fingerprint density at radius 3 is 1.62 bits per heavy atom. The van der Waals surface area contributed by atoms with Gasteiger partial charge in [-0.25, -0.2) is 4.79 Å². The van der Waals surface area contributed by atoms with Gasteiger partial charge in [-0.3, -0.25) is 14.4 Å². The Morgan fingerprint density at radius 1 is 0.733 bits per heavy atom. The van der Waals surface area contributed by atoms with Crippen LogP contribution in [0, 0.1) is 0 Å². The summed E-state index contributed by atoms with van der Waals surface area (Å²) in [4.78, 5) is 47.2. The molecule has 2 atom stereocenters. The summed E-state index contributed by atoms with van der Waals surface area (Å²) < 4.78 is 5.25. The first kappa shape index (κ1) is 30.6. The number of nitrogens with zero attached hydrogens (tertiary/aromatic N) is 2. The second kappa shape index (κ2) is 12.5. The summed E-state index contributed by atoms with van der Waals surface area (Å²) in [6.07, 6.45) is 0.118. The van der Waals surface area contributed by atoms with E-state index in [9.17, 15) is 14.4 Å². The van der Waals surface area contributed by atoms with E-state index in [1.807, 2.05) is 39.0 Å². The Hall–Kier alpha value is -4.40. The van der Waals surface area contributed by atoms with Crippen LogP contribution in [-0.4, -0.2) is 57.9 Å². The van der Waals surface area contributed by atoms with Gasteiger partial charge in [0.25, 0.3) is 11.8 Å². The van der Waals surface area contributed by atoms with Gasteiger partial charge in [0.15, 0.2) is 0 Å². The summed E-state index contributed by atoms with van der Waals surface area (Å²) in [7, 11) is 0. The highest BCUT2D eigenvalue weighted by molar-refractivity contribution is 8.01. The van der Waals surface area contributed by atoms with Crippen LogP contribution in [0.15, 0.2) is 115 Å². The Kier molecular flexibility index (Phi) is 8.53. The average Bonchev–Trinajstić information content (AvgIpc) is 3.56. The molecule has 2 aliphatic heterocycles. The van der Waals surface area contributed by atoms with Crippen LogP contribution in [0.4, 0.5) is 4.79 Å². The molecule has 6 rings (SSSR count). The van der Waals surface area contributed by atoms with Crippen molar-refractivity contribution in [3.8, 4) is 0 Å². The highest BCUT2D eigenvalue weighted by Gasteiger charge is 2.46. The molecule has 45 heavy (non-hydrogen) atoms. The first-order chi connectivity index (χ1) is 21.7. The summed E-state index contributed by atoms with van der Waals surface area (Å²) in [5.74, 6) is -1.00. The van der Waals surface area contributed by atoms with Crippen LogP contribution < -0.4 is 0 Å². The molecule has 0 aromatic heterocycles. The molecule has 2 aliphatic rings. The van der Waals surface area contributed by atoms with Crippen LogP contribution >= 0.6 is 11.8 Å². The maximum Gasteiger partial charge on any atom is 0.410 e. The van der Waals surface area contributed by atoms with Crippen molar-refractivity contribution in [2.24, 2.45) is 0 Å². The number of hydrogen-bond acceptors (Lipinski definition) is 6. The number of carbonyl (C=O) groups is 3. The minimum absolute atomic E-state index is 0.0310. The Morgan fingerprint density at radius 2 is 1.18 bits per heavy atom. The highest BCUT2D eigenvalue weighted by Crippen LogP contribution is 2.52. The number of rotatable bonds is 8. The van der Waals surface area contributed by atoms with Crippen molar-refractivity contribution in [2.45, 2.75) is 48.8 Å². The Bertz CT molecular complexity index is 1540. The number of thioether (sulfide) groups is 1. The van der Waals surface area contributed by atoms with E-state index >= 15 is 0 Å². The molecule has 0 aliphatic carbocycles. The summed E-state index contributed by atoms with van der Waals surface area (Å²) in [6.45, 7) is 5.88. The van der Waals surface area contributed by atoms with Crippen LogP contribution in [-0.2, 0) is 14.3 Å². The monoisotopic (exact) mass is 620 g/mol. The summed E-state index contributed by atoms with van der Waals surface area (Å²) >= 11 is 1.80. The smallest absolute Gasteiger partial charge is 0.410 e. The molecular formula is C37H36N2O5S. The molecule has 4 aromatic carbocycles. The van der Waals surface area contributed by atoms with Gasteiger partial charge in [-0.2, -0.15) is 0 Å². The second-order valence-corrected chi connectivity index (χ2v) is 13.8. The summed E-state index contributed by atoms with van der Waals surface area (Å²) in [6, 6.07) is 37.5. The SMILES string of the molecule is CC(C)(C)OC(=O)N1CC(SC(c2ccccc2)(c2ccccc2)c2ccccc2)CC1CON1C(=O)c2ccccc2C1=O. The number of ether oxygens (including phenoxy) is 1. The molecular weight excluding hydrogens is 584 g/mol. The van der Waals surface area contributed by atoms with Crippen molar-refractivity contribution < 1.29 is 24.0 Å². The van der Waals surface area contributed by atoms with Crippen molar-refractivity contribution in [2.75, 3.05) is 13.2 Å². The average molecular weight is 621 g/mol. The van der Waals surface area contributed by atoms with Crippen LogP contribution in [0.1, 0.15) is 64.6 Å². The third-order valence-corrected chi connectivity index (χ3v) is 9.78. The molecule has 8 heteroatoms. The minimum Gasteiger partial charge on any atom is -0.444 e. The zero-order valence-electron chi connectivity index (χ0n) is 25.6. The van der Waals surface area contributed by atoms with Gasteiger partial charge in [0, 0.05) is 11.8 Å². The predicted molar refractivity (Wildman–Crippen MR) is 175 cm³/mol. The maximum absolute atomic E-state index is 13.6. The molecule has 2 heterocycles. The van der Waals surface area contributed by atoms with Gasteiger partial charge in [-0.05, 0) is 56.0 Å². The van der Waals surface area contributed by atoms with Crippen molar-refractivity contribution in [3.05, 3.63) is 143 Å². The number of carbonyl (C=O) groups excluding carboxylic acids is 3. The van der Waals surface area contributed by atoms with Gasteiger partial charge in [0.05, 0.1) is 28.5 Å². The molecule has 3 amide bonds. The molecule has 0 radical (unpaired) electrons. The van der Waals surface area contributed by atoms with Gasteiger partial charge in [-0.15, -0.1) is 16.8 Å². The largest absolute Gasteiger partial charge is 0.444 e. The lowest BCUT2D eigenvalue weighted by molar-refractivity contribution is -0.104. The van der Waals surface area contributed by atoms with E-state index < -0.39 is 34.3 Å². The topological polar surface area (TPSA) is 76.2 Å². The van der Waals surface area contributed by atoms with E-state index in [1.165, 1.54) is 0 Å². The lowest BCUT2D eigenvalue weighted by Gasteiger charge is -2.37. The van der Waals surface area contributed by atoms with Gasteiger partial charge in [0.2, 0.25) is 0 Å². The number of imide groups is 1. The van der Waals surface area contributed by atoms with E-state index in [4.69, 9.17) is 9.57 Å². The van der Waals surface area contributed by atoms with E-state index in [2.05, 4.69) is 72.8 Å². The Balaban J connectivity index is 1.33. The Labute approximate surface area is 268 Å². The van der Waals surface area contributed by atoms with Gasteiger partial charge >= 0.3 is 6.09 Å². The fraction of sp³-hybridized carbons (Fsp3) is 0.270. The highest BCUT2D eigenvalue weighted by atomic mass is 32.2. The minimum atomic E-state index is -0.696. The van der Waals surface area contributed by atoms with Crippen LogP contribution in [0.2, 0.25) is 0 Å². The summed E-state index contributed by atoms with van der Waals surface area (Å²) in [5, 5.41) is 0.787. The van der Waals surface area contributed by atoms with Gasteiger partial charge in [0.1, 0.15) is 5.60 Å². The lowest BCUT2D eigenvalue weighted by atomic mass is 9.84. The third-order valence-electron chi connectivity index (χ3n) is 8.04. The van der Waals surface area contributed by atoms with Gasteiger partial charge in [-0.1, -0.05) is 103 Å².